The molecule has 0 bridgehead atoms. The van der Waals surface area contributed by atoms with E-state index in [9.17, 15) is 0 Å². The monoisotopic (exact) mass is 154 g/mol. The summed E-state index contributed by atoms with van der Waals surface area (Å²) in [4.78, 5) is 2.11. The molecule has 2 N–H and O–H groups in total. The molecule has 64 valence electrons. The van der Waals surface area contributed by atoms with Crippen LogP contribution in [0.5, 0.6) is 0 Å². The van der Waals surface area contributed by atoms with Gasteiger partial charge in [0.25, 0.3) is 0 Å². The zero-order chi connectivity index (χ0) is 8.65. The second-order valence-electron chi connectivity index (χ2n) is 4.23. The molecule has 0 aromatic heterocycles. The summed E-state index contributed by atoms with van der Waals surface area (Å²) in [5.74, 6) is 0.683. The van der Waals surface area contributed by atoms with Crippen molar-refractivity contribution in [1.29, 1.82) is 0 Å². The molecule has 1 atom stereocenters. The van der Waals surface area contributed by atoms with Gasteiger partial charge in [0.15, 0.2) is 0 Å². The Morgan fingerprint density at radius 3 is 2.09 bits per heavy atom. The zero-order valence-electron chi connectivity index (χ0n) is 7.89. The zero-order valence-corrected chi connectivity index (χ0v) is 7.89. The van der Waals surface area contributed by atoms with E-state index >= 15 is 0 Å². The summed E-state index contributed by atoms with van der Waals surface area (Å²) in [6, 6.07) is 0. The lowest BCUT2D eigenvalue weighted by Crippen LogP contribution is -2.16. The Bertz CT molecular complexity index is 180. The maximum absolute atomic E-state index is 5.53. The lowest BCUT2D eigenvalue weighted by molar-refractivity contribution is 0.443. The minimum atomic E-state index is 0.482. The number of hydrogen-bond acceptors (Lipinski definition) is 2. The molecule has 0 aliphatic heterocycles. The van der Waals surface area contributed by atoms with E-state index in [4.69, 9.17) is 5.73 Å². The van der Waals surface area contributed by atoms with E-state index in [1.165, 1.54) is 12.1 Å². The highest BCUT2D eigenvalue weighted by molar-refractivity contribution is 5.16. The van der Waals surface area contributed by atoms with Gasteiger partial charge in [-0.3, -0.25) is 0 Å². The number of allylic oxidation sites excluding steroid dienone is 1. The largest absolute Gasteiger partial charge is 0.403 e. The normalized spacial score (nSPS) is 28.4. The summed E-state index contributed by atoms with van der Waals surface area (Å²) in [6.45, 7) is 4.56. The highest BCUT2D eigenvalue weighted by Gasteiger charge is 2.48. The first kappa shape index (κ1) is 8.44. The summed E-state index contributed by atoms with van der Waals surface area (Å²) in [5, 5.41) is 0. The Hall–Kier alpha value is -0.660. The maximum Gasteiger partial charge on any atom is 0.0322 e. The fourth-order valence-corrected chi connectivity index (χ4v) is 1.55. The van der Waals surface area contributed by atoms with Crippen LogP contribution in [0.4, 0.5) is 0 Å². The first-order valence-electron chi connectivity index (χ1n) is 4.08. The third kappa shape index (κ3) is 1.50. The number of nitrogens with zero attached hydrogens (tertiary/aromatic N) is 1. The molecule has 2 heteroatoms. The van der Waals surface area contributed by atoms with Crippen LogP contribution >= 0.6 is 0 Å². The van der Waals surface area contributed by atoms with Gasteiger partial charge >= 0.3 is 0 Å². The molecule has 0 aromatic rings. The summed E-state index contributed by atoms with van der Waals surface area (Å²) in [5.41, 5.74) is 7.29. The van der Waals surface area contributed by atoms with E-state index in [-0.39, 0.29) is 0 Å². The molecule has 1 unspecified atom stereocenters. The van der Waals surface area contributed by atoms with Crippen LogP contribution < -0.4 is 5.73 Å². The number of rotatable bonds is 2. The average Bonchev–Trinajstić information content (AvgIpc) is 2.41. The SMILES string of the molecule is CN(C)/C(=C/N)C1CC1(C)C. The first-order chi connectivity index (χ1) is 4.99. The molecule has 1 rings (SSSR count). The van der Waals surface area contributed by atoms with Crippen molar-refractivity contribution in [3.05, 3.63) is 11.9 Å². The molecule has 0 amide bonds. The van der Waals surface area contributed by atoms with E-state index in [2.05, 4.69) is 18.7 Å². The quantitative estimate of drug-likeness (QED) is 0.651. The van der Waals surface area contributed by atoms with Crippen LogP contribution in [0.15, 0.2) is 11.9 Å². The standard InChI is InChI=1S/C9H18N2/c1-9(2)5-7(9)8(6-10)11(3)4/h6-7H,5,10H2,1-4H3/b8-6+. The number of nitrogens with two attached hydrogens (primary N) is 1. The summed E-state index contributed by atoms with van der Waals surface area (Å²) >= 11 is 0. The van der Waals surface area contributed by atoms with Gasteiger partial charge in [-0.1, -0.05) is 13.8 Å². The van der Waals surface area contributed by atoms with Crippen molar-refractivity contribution >= 4 is 0 Å². The van der Waals surface area contributed by atoms with Crippen LogP contribution in [-0.2, 0) is 0 Å². The molecule has 1 saturated carbocycles. The van der Waals surface area contributed by atoms with Crippen molar-refractivity contribution in [3.63, 3.8) is 0 Å². The molecule has 1 aliphatic rings. The molecule has 0 aromatic carbocycles. The van der Waals surface area contributed by atoms with Gasteiger partial charge < -0.3 is 10.6 Å². The smallest absolute Gasteiger partial charge is 0.0322 e. The summed E-state index contributed by atoms with van der Waals surface area (Å²) in [7, 11) is 4.10. The predicted octanol–water partition coefficient (Wildman–Crippen LogP) is 1.39. The molecule has 0 saturated heterocycles. The molecule has 1 aliphatic carbocycles. The van der Waals surface area contributed by atoms with Crippen molar-refractivity contribution in [3.8, 4) is 0 Å². The Morgan fingerprint density at radius 2 is 2.00 bits per heavy atom. The molecule has 1 fully saturated rings. The van der Waals surface area contributed by atoms with Crippen LogP contribution in [0.2, 0.25) is 0 Å². The van der Waals surface area contributed by atoms with Crippen molar-refractivity contribution < 1.29 is 0 Å². The van der Waals surface area contributed by atoms with Gasteiger partial charge in [0.05, 0.1) is 0 Å². The Morgan fingerprint density at radius 1 is 1.55 bits per heavy atom. The highest BCUT2D eigenvalue weighted by atomic mass is 15.1. The average molecular weight is 154 g/mol. The second kappa shape index (κ2) is 2.43. The van der Waals surface area contributed by atoms with E-state index in [0.717, 1.165) is 0 Å². The molecule has 2 nitrogen and oxygen atoms in total. The first-order valence-corrected chi connectivity index (χ1v) is 4.08. The lowest BCUT2D eigenvalue weighted by atomic mass is 10.1. The van der Waals surface area contributed by atoms with Crippen LogP contribution in [0.25, 0.3) is 0 Å². The van der Waals surface area contributed by atoms with Crippen molar-refractivity contribution in [1.82, 2.24) is 4.90 Å². The minimum absolute atomic E-state index is 0.482. The van der Waals surface area contributed by atoms with Gasteiger partial charge in [-0.25, -0.2) is 0 Å². The second-order valence-corrected chi connectivity index (χ2v) is 4.23. The molecular weight excluding hydrogens is 136 g/mol. The van der Waals surface area contributed by atoms with Crippen LogP contribution in [0.1, 0.15) is 20.3 Å². The third-order valence-corrected chi connectivity index (χ3v) is 2.56. The van der Waals surface area contributed by atoms with Crippen molar-refractivity contribution in [2.75, 3.05) is 14.1 Å². The fourth-order valence-electron chi connectivity index (χ4n) is 1.55. The van der Waals surface area contributed by atoms with E-state index in [1.807, 2.05) is 14.1 Å². The van der Waals surface area contributed by atoms with Crippen LogP contribution in [0, 0.1) is 11.3 Å². The van der Waals surface area contributed by atoms with E-state index in [0.29, 0.717) is 11.3 Å². The van der Waals surface area contributed by atoms with Crippen molar-refractivity contribution in [2.45, 2.75) is 20.3 Å². The van der Waals surface area contributed by atoms with Gasteiger partial charge in [-0.2, -0.15) is 0 Å². The molecule has 0 heterocycles. The third-order valence-electron chi connectivity index (χ3n) is 2.56. The lowest BCUT2D eigenvalue weighted by Gasteiger charge is -2.17. The van der Waals surface area contributed by atoms with Crippen molar-refractivity contribution in [2.24, 2.45) is 17.1 Å². The molecular formula is C9H18N2. The topological polar surface area (TPSA) is 29.3 Å². The highest BCUT2D eigenvalue weighted by Crippen LogP contribution is 2.55. The van der Waals surface area contributed by atoms with Gasteiger partial charge in [0.2, 0.25) is 0 Å². The van der Waals surface area contributed by atoms with Crippen LogP contribution in [0.3, 0.4) is 0 Å². The summed E-state index contributed by atoms with van der Waals surface area (Å²) in [6.07, 6.45) is 3.01. The fraction of sp³-hybridized carbons (Fsp3) is 0.778. The number of hydrogen-bond donors (Lipinski definition) is 1. The van der Waals surface area contributed by atoms with E-state index in [1.54, 1.807) is 6.20 Å². The summed E-state index contributed by atoms with van der Waals surface area (Å²) < 4.78 is 0. The van der Waals surface area contributed by atoms with Gasteiger partial charge in [0, 0.05) is 31.9 Å². The molecule has 0 spiro atoms. The van der Waals surface area contributed by atoms with Gasteiger partial charge in [-0.15, -0.1) is 0 Å². The minimum Gasteiger partial charge on any atom is -0.403 e. The van der Waals surface area contributed by atoms with Gasteiger partial charge in [0.1, 0.15) is 0 Å². The Kier molecular flexibility index (Phi) is 1.87. The van der Waals surface area contributed by atoms with E-state index < -0.39 is 0 Å². The Balaban J connectivity index is 2.62. The Labute approximate surface area is 69.1 Å². The van der Waals surface area contributed by atoms with Crippen LogP contribution in [-0.4, -0.2) is 19.0 Å². The van der Waals surface area contributed by atoms with Gasteiger partial charge in [-0.05, 0) is 11.8 Å². The predicted molar refractivity (Wildman–Crippen MR) is 47.8 cm³/mol. The maximum atomic E-state index is 5.53. The molecule has 0 radical (unpaired) electrons. The molecule has 11 heavy (non-hydrogen) atoms.